The predicted octanol–water partition coefficient (Wildman–Crippen LogP) is 5.44. The van der Waals surface area contributed by atoms with Crippen molar-refractivity contribution < 1.29 is 23.9 Å². The summed E-state index contributed by atoms with van der Waals surface area (Å²) in [5.74, 6) is 1.21. The minimum absolute atomic E-state index is 0.195. The summed E-state index contributed by atoms with van der Waals surface area (Å²) < 4.78 is 27.4. The Balaban J connectivity index is 1.23. The monoisotopic (exact) mass is 531 g/mol. The molecule has 1 unspecified atom stereocenters. The number of aromatic nitrogens is 2. The summed E-state index contributed by atoms with van der Waals surface area (Å²) >= 11 is 0. The van der Waals surface area contributed by atoms with Crippen molar-refractivity contribution in [1.82, 2.24) is 14.3 Å². The Morgan fingerprint density at radius 2 is 1.87 bits per heavy atom. The van der Waals surface area contributed by atoms with Crippen molar-refractivity contribution in [1.29, 1.82) is 0 Å². The van der Waals surface area contributed by atoms with Crippen LogP contribution < -0.4 is 9.47 Å². The van der Waals surface area contributed by atoms with Crippen LogP contribution in [0, 0.1) is 13.8 Å². The van der Waals surface area contributed by atoms with Crippen molar-refractivity contribution in [3.63, 3.8) is 0 Å². The Kier molecular flexibility index (Phi) is 7.57. The van der Waals surface area contributed by atoms with Gasteiger partial charge in [0.1, 0.15) is 19.0 Å². The third-order valence-corrected chi connectivity index (χ3v) is 7.82. The minimum atomic E-state index is -1.58. The van der Waals surface area contributed by atoms with Crippen molar-refractivity contribution in [3.8, 4) is 39.1 Å². The number of pyridine rings is 1. The number of aromatic hydroxyl groups is 1. The van der Waals surface area contributed by atoms with Crippen molar-refractivity contribution >= 4 is 16.9 Å². The number of carbonyl (C=O) groups excluding carboxylic acids is 1. The van der Waals surface area contributed by atoms with Crippen LogP contribution in [-0.2, 0) is 11.4 Å². The first kappa shape index (κ1) is 25.7. The van der Waals surface area contributed by atoms with Crippen LogP contribution in [-0.4, -0.2) is 49.5 Å². The molecule has 1 aliphatic rings. The van der Waals surface area contributed by atoms with Crippen molar-refractivity contribution in [2.45, 2.75) is 33.3 Å². The van der Waals surface area contributed by atoms with E-state index in [4.69, 9.17) is 9.47 Å². The fraction of sp³-hybridized carbons (Fsp3) is 0.276. The molecule has 9 heteroatoms. The van der Waals surface area contributed by atoms with Crippen LogP contribution in [0.3, 0.4) is 0 Å². The summed E-state index contributed by atoms with van der Waals surface area (Å²) in [5.41, 5.74) is 5.86. The zero-order chi connectivity index (χ0) is 26.6. The number of hydrogen-bond donors (Lipinski definition) is 1. The average molecular weight is 532 g/mol. The Morgan fingerprint density at radius 3 is 2.55 bits per heavy atom. The lowest BCUT2D eigenvalue weighted by atomic mass is 9.96. The molecule has 2 aromatic heterocycles. The second kappa shape index (κ2) is 11.2. The lowest BCUT2D eigenvalue weighted by Crippen LogP contribution is -2.29. The Bertz CT molecular complexity index is 1450. The van der Waals surface area contributed by atoms with Gasteiger partial charge in [-0.2, -0.15) is 0 Å². The summed E-state index contributed by atoms with van der Waals surface area (Å²) in [5, 5.41) is 9.47. The molecule has 1 saturated heterocycles. The zero-order valence-corrected chi connectivity index (χ0v) is 22.2. The number of carbonyl (C=O) groups is 1. The summed E-state index contributed by atoms with van der Waals surface area (Å²) in [6, 6.07) is 18.7. The standard InChI is InChI=1S/C29H29N3O5S/c1-19-22(18-37-23-10-8-21(9-11-23)26-17-27(33)31-38(26)35)5-3-6-24(19)25-12-13-28(30-20(25)2)36-16-15-32-14-4-7-29(32)34/h3,5-6,8-13,17H,4,7,14-16,18H2,1-2H3,(H,31,33). The number of ether oxygens (including phenoxy) is 2. The molecular formula is C29H29N3O5S. The summed E-state index contributed by atoms with van der Waals surface area (Å²) in [7, 11) is -1.58. The minimum Gasteiger partial charge on any atom is -0.568 e. The molecule has 0 saturated carbocycles. The molecule has 0 bridgehead atoms. The predicted molar refractivity (Wildman–Crippen MR) is 145 cm³/mol. The van der Waals surface area contributed by atoms with Crippen LogP contribution in [0.15, 0.2) is 60.7 Å². The highest BCUT2D eigenvalue weighted by Crippen LogP contribution is 2.35. The van der Waals surface area contributed by atoms with Gasteiger partial charge in [0, 0.05) is 40.2 Å². The van der Waals surface area contributed by atoms with Gasteiger partial charge in [-0.25, -0.2) is 4.98 Å². The van der Waals surface area contributed by atoms with Gasteiger partial charge in [-0.05, 0) is 67.3 Å². The van der Waals surface area contributed by atoms with Gasteiger partial charge >= 0.3 is 0 Å². The molecule has 0 aliphatic carbocycles. The molecule has 0 spiro atoms. The van der Waals surface area contributed by atoms with Crippen molar-refractivity contribution in [2.75, 3.05) is 19.7 Å². The number of rotatable bonds is 9. The van der Waals surface area contributed by atoms with Crippen LogP contribution in [0.5, 0.6) is 17.5 Å². The first-order chi connectivity index (χ1) is 18.4. The Morgan fingerprint density at radius 1 is 1.05 bits per heavy atom. The van der Waals surface area contributed by atoms with Crippen LogP contribution >= 0.6 is 10.9 Å². The van der Waals surface area contributed by atoms with Crippen LogP contribution in [0.4, 0.5) is 0 Å². The van der Waals surface area contributed by atoms with E-state index in [9.17, 15) is 14.5 Å². The highest BCUT2D eigenvalue weighted by atomic mass is 32.2. The summed E-state index contributed by atoms with van der Waals surface area (Å²) in [4.78, 5) is 18.7. The van der Waals surface area contributed by atoms with E-state index in [2.05, 4.69) is 22.3 Å². The van der Waals surface area contributed by atoms with Gasteiger partial charge in [0.15, 0.2) is 0 Å². The topological polar surface area (TPSA) is 108 Å². The lowest BCUT2D eigenvalue weighted by molar-refractivity contribution is -0.128. The van der Waals surface area contributed by atoms with Crippen LogP contribution in [0.2, 0.25) is 0 Å². The molecule has 1 N–H and O–H groups in total. The molecular weight excluding hydrogens is 502 g/mol. The molecule has 4 aromatic rings. The van der Waals surface area contributed by atoms with E-state index < -0.39 is 10.9 Å². The fourth-order valence-electron chi connectivity index (χ4n) is 4.62. The maximum absolute atomic E-state index is 12.0. The van der Waals surface area contributed by atoms with Crippen LogP contribution in [0.1, 0.15) is 29.7 Å². The zero-order valence-electron chi connectivity index (χ0n) is 21.3. The molecule has 38 heavy (non-hydrogen) atoms. The first-order valence-corrected chi connectivity index (χ1v) is 13.6. The third-order valence-electron chi connectivity index (χ3n) is 6.74. The van der Waals surface area contributed by atoms with Gasteiger partial charge < -0.3 is 24.0 Å². The molecule has 1 atom stereocenters. The van der Waals surface area contributed by atoms with Crippen LogP contribution in [0.25, 0.3) is 21.6 Å². The largest absolute Gasteiger partial charge is 0.568 e. The number of likely N-dealkylation sites (tertiary alicyclic amines) is 1. The first-order valence-electron chi connectivity index (χ1n) is 12.5. The molecule has 2 aromatic carbocycles. The maximum atomic E-state index is 12.0. The van der Waals surface area contributed by atoms with Crippen molar-refractivity contribution in [2.24, 2.45) is 0 Å². The molecule has 3 heterocycles. The molecule has 1 aliphatic heterocycles. The van der Waals surface area contributed by atoms with Gasteiger partial charge in [0.25, 0.3) is 5.88 Å². The second-order valence-corrected chi connectivity index (χ2v) is 10.3. The lowest BCUT2D eigenvalue weighted by Gasteiger charge is -2.17. The Hall–Kier alpha value is -3.95. The molecule has 0 radical (unpaired) electrons. The molecule has 5 rings (SSSR count). The SMILES string of the molecule is Cc1nc(OCCN2CCCC2=O)ccc1-c1cccc(COc2ccc(-c3cc(O)n[s+]3[O-])cc2)c1C. The third kappa shape index (κ3) is 5.64. The normalized spacial score (nSPS) is 13.7. The van der Waals surface area contributed by atoms with E-state index in [1.165, 1.54) is 6.07 Å². The highest BCUT2D eigenvalue weighted by molar-refractivity contribution is 7.23. The summed E-state index contributed by atoms with van der Waals surface area (Å²) in [6.07, 6.45) is 1.55. The van der Waals surface area contributed by atoms with Gasteiger partial charge in [-0.1, -0.05) is 18.2 Å². The van der Waals surface area contributed by atoms with E-state index in [1.807, 2.05) is 48.2 Å². The van der Waals surface area contributed by atoms with Gasteiger partial charge in [0.2, 0.25) is 16.7 Å². The van der Waals surface area contributed by atoms with E-state index >= 15 is 0 Å². The van der Waals surface area contributed by atoms with Gasteiger partial charge in [0.05, 0.1) is 23.6 Å². The second-order valence-electron chi connectivity index (χ2n) is 9.23. The summed E-state index contributed by atoms with van der Waals surface area (Å²) in [6.45, 7) is 6.24. The van der Waals surface area contributed by atoms with E-state index in [0.29, 0.717) is 42.7 Å². The van der Waals surface area contributed by atoms with Gasteiger partial charge in [-0.3, -0.25) is 4.79 Å². The Labute approximate surface area is 224 Å². The smallest absolute Gasteiger partial charge is 0.270 e. The fourth-order valence-corrected chi connectivity index (χ4v) is 5.49. The number of nitrogens with zero attached hydrogens (tertiary/aromatic N) is 3. The van der Waals surface area contributed by atoms with Crippen molar-refractivity contribution in [3.05, 3.63) is 77.5 Å². The number of hydrogen-bond acceptors (Lipinski definition) is 7. The molecule has 8 nitrogen and oxygen atoms in total. The maximum Gasteiger partial charge on any atom is 0.270 e. The van der Waals surface area contributed by atoms with Gasteiger partial charge in [-0.15, -0.1) is 0 Å². The number of aryl methyl sites for hydroxylation is 1. The van der Waals surface area contributed by atoms with E-state index in [0.717, 1.165) is 46.5 Å². The highest BCUT2D eigenvalue weighted by Gasteiger charge is 2.20. The molecule has 1 amide bonds. The number of benzene rings is 2. The molecule has 196 valence electrons. The molecule has 1 fully saturated rings. The van der Waals surface area contributed by atoms with E-state index in [1.54, 1.807) is 12.1 Å². The average Bonchev–Trinajstić information content (AvgIpc) is 3.47. The quantitative estimate of drug-likeness (QED) is 0.287. The van der Waals surface area contributed by atoms with E-state index in [-0.39, 0.29) is 11.8 Å². The number of amides is 1.